The number of ether oxygens (including phenoxy) is 1. The summed E-state index contributed by atoms with van der Waals surface area (Å²) >= 11 is 0. The van der Waals surface area contributed by atoms with Gasteiger partial charge in [0.1, 0.15) is 6.07 Å². The van der Waals surface area contributed by atoms with E-state index in [1.54, 1.807) is 26.0 Å². The first kappa shape index (κ1) is 19.9. The van der Waals surface area contributed by atoms with Gasteiger partial charge in [-0.15, -0.1) is 0 Å². The molecule has 0 aliphatic carbocycles. The van der Waals surface area contributed by atoms with Gasteiger partial charge < -0.3 is 10.1 Å². The zero-order valence-corrected chi connectivity index (χ0v) is 15.7. The number of nitrogens with zero attached hydrogens (tertiary/aromatic N) is 3. The quantitative estimate of drug-likeness (QED) is 0.436. The summed E-state index contributed by atoms with van der Waals surface area (Å²) in [6.45, 7) is 3.48. The first-order valence-electron chi connectivity index (χ1n) is 7.65. The summed E-state index contributed by atoms with van der Waals surface area (Å²) in [6.07, 6.45) is 1.18. The van der Waals surface area contributed by atoms with Crippen LogP contribution in [0.2, 0.25) is 0 Å². The van der Waals surface area contributed by atoms with Crippen LogP contribution in [0.4, 0.5) is 11.6 Å². The molecule has 10 heteroatoms. The molecule has 0 atom stereocenters. The molecule has 1 heterocycles. The van der Waals surface area contributed by atoms with E-state index in [0.29, 0.717) is 17.1 Å². The van der Waals surface area contributed by atoms with Crippen LogP contribution in [0, 0.1) is 25.2 Å². The molecule has 2 N–H and O–H groups in total. The van der Waals surface area contributed by atoms with Crippen LogP contribution in [0.1, 0.15) is 11.4 Å². The molecule has 0 aliphatic rings. The SMILES string of the molecule is COC(=O)/C(C#N)=C\Nc1ccc(S(=O)(=O)Nc2nc(C)cc(C)n2)cc1. The molecule has 0 aliphatic heterocycles. The van der Waals surface area contributed by atoms with Crippen molar-refractivity contribution in [2.24, 2.45) is 0 Å². The monoisotopic (exact) mass is 387 g/mol. The van der Waals surface area contributed by atoms with Crippen molar-refractivity contribution in [1.29, 1.82) is 5.26 Å². The van der Waals surface area contributed by atoms with E-state index in [2.05, 4.69) is 24.7 Å². The summed E-state index contributed by atoms with van der Waals surface area (Å²) in [5.74, 6) is -0.781. The van der Waals surface area contributed by atoms with Gasteiger partial charge in [-0.25, -0.2) is 27.9 Å². The van der Waals surface area contributed by atoms with E-state index in [-0.39, 0.29) is 16.4 Å². The molecule has 27 heavy (non-hydrogen) atoms. The van der Waals surface area contributed by atoms with Gasteiger partial charge in [0.05, 0.1) is 12.0 Å². The number of rotatable bonds is 6. The molecule has 9 nitrogen and oxygen atoms in total. The Kier molecular flexibility index (Phi) is 6.10. The number of benzene rings is 1. The van der Waals surface area contributed by atoms with Crippen molar-refractivity contribution in [3.05, 3.63) is 53.5 Å². The molecule has 2 rings (SSSR count). The number of carbonyl (C=O) groups excluding carboxylic acids is 1. The number of esters is 1. The summed E-state index contributed by atoms with van der Waals surface area (Å²) in [5, 5.41) is 11.6. The van der Waals surface area contributed by atoms with E-state index in [1.807, 2.05) is 0 Å². The van der Waals surface area contributed by atoms with Crippen LogP contribution in [-0.4, -0.2) is 31.5 Å². The predicted molar refractivity (Wildman–Crippen MR) is 98.1 cm³/mol. The molecule has 1 aromatic heterocycles. The lowest BCUT2D eigenvalue weighted by Crippen LogP contribution is -2.15. The number of aryl methyl sites for hydroxylation is 2. The summed E-state index contributed by atoms with van der Waals surface area (Å²) in [7, 11) is -2.70. The minimum absolute atomic E-state index is 0.00521. The maximum Gasteiger partial charge on any atom is 0.350 e. The number of anilines is 2. The van der Waals surface area contributed by atoms with Crippen molar-refractivity contribution >= 4 is 27.6 Å². The smallest absolute Gasteiger partial charge is 0.350 e. The largest absolute Gasteiger partial charge is 0.465 e. The Balaban J connectivity index is 2.17. The van der Waals surface area contributed by atoms with Crippen molar-refractivity contribution in [2.75, 3.05) is 17.1 Å². The van der Waals surface area contributed by atoms with Gasteiger partial charge in [-0.05, 0) is 44.2 Å². The topological polar surface area (TPSA) is 134 Å². The van der Waals surface area contributed by atoms with Crippen molar-refractivity contribution in [3.63, 3.8) is 0 Å². The number of nitriles is 1. The second-order valence-corrected chi connectivity index (χ2v) is 7.09. The second-order valence-electron chi connectivity index (χ2n) is 5.41. The summed E-state index contributed by atoms with van der Waals surface area (Å²) < 4.78 is 31.7. The molecule has 0 spiro atoms. The van der Waals surface area contributed by atoms with Gasteiger partial charge in [-0.1, -0.05) is 0 Å². The number of sulfonamides is 1. The second kappa shape index (κ2) is 8.29. The number of carbonyl (C=O) groups is 1. The highest BCUT2D eigenvalue weighted by molar-refractivity contribution is 7.92. The Hall–Kier alpha value is -3.45. The standard InChI is InChI=1S/C17H17N5O4S/c1-11-8-12(2)21-17(20-11)22-27(24,25)15-6-4-14(5-7-15)19-10-13(9-18)16(23)26-3/h4-8,10,19H,1-3H3,(H,20,21,22)/b13-10-. The molecule has 0 unspecified atom stereocenters. The third-order valence-electron chi connectivity index (χ3n) is 3.28. The Morgan fingerprint density at radius 1 is 1.19 bits per heavy atom. The molecular weight excluding hydrogens is 370 g/mol. The van der Waals surface area contributed by atoms with E-state index in [0.717, 1.165) is 0 Å². The van der Waals surface area contributed by atoms with Gasteiger partial charge in [-0.3, -0.25) is 0 Å². The third kappa shape index (κ3) is 5.26. The molecule has 1 aromatic carbocycles. The molecule has 140 valence electrons. The van der Waals surface area contributed by atoms with Crippen LogP contribution in [-0.2, 0) is 19.6 Å². The average molecular weight is 387 g/mol. The summed E-state index contributed by atoms with van der Waals surface area (Å²) in [4.78, 5) is 19.4. The molecule has 0 saturated heterocycles. The number of nitrogens with one attached hydrogen (secondary N) is 2. The van der Waals surface area contributed by atoms with Gasteiger partial charge in [0.25, 0.3) is 10.0 Å². The highest BCUT2D eigenvalue weighted by atomic mass is 32.2. The number of hydrogen-bond acceptors (Lipinski definition) is 8. The molecule has 0 saturated carbocycles. The van der Waals surface area contributed by atoms with E-state index < -0.39 is 16.0 Å². The normalized spacial score (nSPS) is 11.4. The molecule has 0 bridgehead atoms. The Morgan fingerprint density at radius 2 is 1.78 bits per heavy atom. The van der Waals surface area contributed by atoms with Gasteiger partial charge in [0.2, 0.25) is 5.95 Å². The minimum atomic E-state index is -3.86. The molecule has 0 amide bonds. The zero-order chi connectivity index (χ0) is 20.0. The molecular formula is C17H17N5O4S. The van der Waals surface area contributed by atoms with Crippen molar-refractivity contribution in [2.45, 2.75) is 18.7 Å². The van der Waals surface area contributed by atoms with Gasteiger partial charge in [0, 0.05) is 23.3 Å². The highest BCUT2D eigenvalue weighted by Gasteiger charge is 2.16. The summed E-state index contributed by atoms with van der Waals surface area (Å²) in [5.41, 5.74) is 1.55. The lowest BCUT2D eigenvalue weighted by atomic mass is 10.3. The molecule has 0 fully saturated rings. The van der Waals surface area contributed by atoms with E-state index in [1.165, 1.54) is 37.6 Å². The van der Waals surface area contributed by atoms with Crippen molar-refractivity contribution < 1.29 is 17.9 Å². The van der Waals surface area contributed by atoms with Crippen LogP contribution in [0.25, 0.3) is 0 Å². The van der Waals surface area contributed by atoms with Crippen LogP contribution in [0.3, 0.4) is 0 Å². The summed E-state index contributed by atoms with van der Waals surface area (Å²) in [6, 6.07) is 9.14. The Labute approximate surface area is 156 Å². The maximum atomic E-state index is 12.4. The van der Waals surface area contributed by atoms with Crippen molar-refractivity contribution in [3.8, 4) is 6.07 Å². The van der Waals surface area contributed by atoms with Gasteiger partial charge >= 0.3 is 5.97 Å². The number of methoxy groups -OCH3 is 1. The minimum Gasteiger partial charge on any atom is -0.465 e. The van der Waals surface area contributed by atoms with Crippen LogP contribution < -0.4 is 10.0 Å². The van der Waals surface area contributed by atoms with E-state index >= 15 is 0 Å². The van der Waals surface area contributed by atoms with Crippen LogP contribution in [0.5, 0.6) is 0 Å². The fourth-order valence-electron chi connectivity index (χ4n) is 2.08. The lowest BCUT2D eigenvalue weighted by Gasteiger charge is -2.09. The predicted octanol–water partition coefficient (Wildman–Crippen LogP) is 1.89. The third-order valence-corrected chi connectivity index (χ3v) is 4.63. The average Bonchev–Trinajstić information content (AvgIpc) is 2.61. The van der Waals surface area contributed by atoms with E-state index in [4.69, 9.17) is 5.26 Å². The maximum absolute atomic E-state index is 12.4. The fraction of sp³-hybridized carbons (Fsp3) is 0.176. The Bertz CT molecular complexity index is 1000. The van der Waals surface area contributed by atoms with Crippen molar-refractivity contribution in [1.82, 2.24) is 9.97 Å². The van der Waals surface area contributed by atoms with Gasteiger partial charge in [-0.2, -0.15) is 5.26 Å². The number of aromatic nitrogens is 2. The zero-order valence-electron chi connectivity index (χ0n) is 14.8. The van der Waals surface area contributed by atoms with Crippen LogP contribution >= 0.6 is 0 Å². The first-order valence-corrected chi connectivity index (χ1v) is 9.14. The Morgan fingerprint density at radius 3 is 2.30 bits per heavy atom. The molecule has 0 radical (unpaired) electrons. The highest BCUT2D eigenvalue weighted by Crippen LogP contribution is 2.17. The first-order chi connectivity index (χ1) is 12.7. The van der Waals surface area contributed by atoms with E-state index in [9.17, 15) is 13.2 Å². The molecule has 2 aromatic rings. The van der Waals surface area contributed by atoms with Gasteiger partial charge in [0.15, 0.2) is 5.57 Å². The fourth-order valence-corrected chi connectivity index (χ4v) is 3.03. The van der Waals surface area contributed by atoms with Crippen LogP contribution in [0.15, 0.2) is 47.0 Å². The number of hydrogen-bond donors (Lipinski definition) is 2. The lowest BCUT2D eigenvalue weighted by molar-refractivity contribution is -0.135.